The van der Waals surface area contributed by atoms with E-state index in [1.54, 1.807) is 12.0 Å². The fourth-order valence-corrected chi connectivity index (χ4v) is 5.41. The maximum absolute atomic E-state index is 12.8. The zero-order valence-corrected chi connectivity index (χ0v) is 20.6. The van der Waals surface area contributed by atoms with Crippen molar-refractivity contribution in [3.63, 3.8) is 0 Å². The van der Waals surface area contributed by atoms with E-state index in [9.17, 15) is 19.6 Å². The highest BCUT2D eigenvalue weighted by Crippen LogP contribution is 2.37. The van der Waals surface area contributed by atoms with Gasteiger partial charge in [0.25, 0.3) is 5.56 Å². The number of nitrogens with one attached hydrogen (secondary N) is 2. The van der Waals surface area contributed by atoms with Crippen LogP contribution in [0.2, 0.25) is 0 Å². The van der Waals surface area contributed by atoms with Crippen LogP contribution >= 0.6 is 11.3 Å². The molecule has 0 radical (unpaired) electrons. The topological polar surface area (TPSA) is 146 Å². The van der Waals surface area contributed by atoms with Gasteiger partial charge in [-0.15, -0.1) is 11.3 Å². The van der Waals surface area contributed by atoms with Crippen LogP contribution in [-0.2, 0) is 28.9 Å². The van der Waals surface area contributed by atoms with Crippen molar-refractivity contribution in [2.24, 2.45) is 0 Å². The van der Waals surface area contributed by atoms with E-state index in [0.29, 0.717) is 30.3 Å². The molecule has 2 aromatic rings. The fourth-order valence-electron chi connectivity index (χ4n) is 4.16. The third kappa shape index (κ3) is 5.69. The second kappa shape index (κ2) is 11.9. The molecule has 0 aromatic carbocycles. The van der Waals surface area contributed by atoms with Crippen molar-refractivity contribution >= 4 is 33.8 Å². The van der Waals surface area contributed by atoms with E-state index in [2.05, 4.69) is 16.4 Å². The van der Waals surface area contributed by atoms with Gasteiger partial charge in [0, 0.05) is 38.0 Å². The van der Waals surface area contributed by atoms with Crippen LogP contribution in [0.25, 0.3) is 0 Å². The molecule has 0 atom stereocenters. The molecule has 1 aliphatic rings. The molecule has 2 aromatic heterocycles. The number of nitrogen functional groups attached to an aromatic ring is 1. The van der Waals surface area contributed by atoms with Gasteiger partial charge < -0.3 is 20.7 Å². The van der Waals surface area contributed by atoms with Crippen LogP contribution in [0.1, 0.15) is 55.0 Å². The number of unbranched alkanes of at least 4 members (excludes halogenated alkanes) is 1. The Balaban J connectivity index is 1.79. The molecule has 1 amide bonds. The number of aromatic amines is 1. The lowest BCUT2D eigenvalue weighted by molar-refractivity contribution is -0.116. The van der Waals surface area contributed by atoms with Crippen molar-refractivity contribution in [1.82, 2.24) is 9.55 Å². The summed E-state index contributed by atoms with van der Waals surface area (Å²) in [7, 11) is 1.54. The summed E-state index contributed by atoms with van der Waals surface area (Å²) < 4.78 is 6.53. The largest absolute Gasteiger partial charge is 0.383 e. The van der Waals surface area contributed by atoms with Gasteiger partial charge in [-0.2, -0.15) is 5.26 Å². The number of nitrogens with two attached hydrogens (primary N) is 1. The lowest BCUT2D eigenvalue weighted by atomic mass is 9.96. The van der Waals surface area contributed by atoms with E-state index < -0.39 is 11.2 Å². The number of fused-ring (bicyclic) bond motifs is 1. The normalized spacial score (nSPS) is 12.7. The number of hydrogen-bond donors (Lipinski definition) is 3. The third-order valence-corrected chi connectivity index (χ3v) is 7.18. The average molecular weight is 489 g/mol. The van der Waals surface area contributed by atoms with Crippen molar-refractivity contribution in [3.05, 3.63) is 36.8 Å². The quantitative estimate of drug-likeness (QED) is 0.439. The van der Waals surface area contributed by atoms with E-state index in [4.69, 9.17) is 10.5 Å². The molecule has 2 heterocycles. The zero-order chi connectivity index (χ0) is 24.7. The van der Waals surface area contributed by atoms with Crippen LogP contribution < -0.4 is 27.2 Å². The van der Waals surface area contributed by atoms with Gasteiger partial charge in [-0.1, -0.05) is 13.3 Å². The van der Waals surface area contributed by atoms with Gasteiger partial charge in [0.15, 0.2) is 0 Å². The summed E-state index contributed by atoms with van der Waals surface area (Å²) in [4.78, 5) is 42.9. The predicted octanol–water partition coefficient (Wildman–Crippen LogP) is 2.21. The summed E-state index contributed by atoms with van der Waals surface area (Å²) >= 11 is 1.47. The Hall–Kier alpha value is -3.10. The van der Waals surface area contributed by atoms with Crippen LogP contribution in [0.5, 0.6) is 0 Å². The molecule has 34 heavy (non-hydrogen) atoms. The molecule has 0 fully saturated rings. The number of thiophene rings is 1. The van der Waals surface area contributed by atoms with Crippen LogP contribution in [-0.4, -0.2) is 42.3 Å². The molecule has 4 N–H and O–H groups in total. The molecule has 0 unspecified atom stereocenters. The summed E-state index contributed by atoms with van der Waals surface area (Å²) in [5, 5.41) is 13.1. The molecule has 10 nitrogen and oxygen atoms in total. The number of nitrogens with zero attached hydrogens (tertiary/aromatic N) is 3. The lowest BCUT2D eigenvalue weighted by Gasteiger charge is -2.25. The third-order valence-electron chi connectivity index (χ3n) is 5.98. The molecule has 11 heteroatoms. The molecule has 1 aliphatic carbocycles. The Morgan fingerprint density at radius 2 is 2.09 bits per heavy atom. The highest BCUT2D eigenvalue weighted by atomic mass is 32.1. The number of ether oxygens (including phenoxy) is 1. The lowest BCUT2D eigenvalue weighted by Crippen LogP contribution is -2.40. The van der Waals surface area contributed by atoms with Gasteiger partial charge >= 0.3 is 5.69 Å². The highest BCUT2D eigenvalue weighted by molar-refractivity contribution is 7.16. The number of anilines is 3. The highest BCUT2D eigenvalue weighted by Gasteiger charge is 2.23. The first kappa shape index (κ1) is 25.5. The van der Waals surface area contributed by atoms with E-state index in [1.807, 2.05) is 6.92 Å². The van der Waals surface area contributed by atoms with E-state index in [1.165, 1.54) is 20.8 Å². The van der Waals surface area contributed by atoms with Gasteiger partial charge in [0.2, 0.25) is 5.91 Å². The smallest absolute Gasteiger partial charge is 0.330 e. The number of hydrogen-bond acceptors (Lipinski definition) is 8. The number of H-pyrrole nitrogens is 1. The van der Waals surface area contributed by atoms with Gasteiger partial charge in [0.05, 0.1) is 12.2 Å². The summed E-state index contributed by atoms with van der Waals surface area (Å²) in [5.74, 6) is -0.178. The minimum Gasteiger partial charge on any atom is -0.383 e. The van der Waals surface area contributed by atoms with Crippen molar-refractivity contribution < 1.29 is 9.53 Å². The first-order valence-corrected chi connectivity index (χ1v) is 12.4. The van der Waals surface area contributed by atoms with E-state index >= 15 is 0 Å². The number of rotatable bonds is 11. The summed E-state index contributed by atoms with van der Waals surface area (Å²) in [6.45, 7) is 3.22. The molecule has 0 aliphatic heterocycles. The van der Waals surface area contributed by atoms with Gasteiger partial charge in [0.1, 0.15) is 22.6 Å². The molecule has 184 valence electrons. The first-order valence-electron chi connectivity index (χ1n) is 11.6. The Labute approximate surface area is 202 Å². The number of carbonyl (C=O) groups excluding carboxylic acids is 1. The number of nitriles is 1. The van der Waals surface area contributed by atoms with Crippen LogP contribution in [0.3, 0.4) is 0 Å². The summed E-state index contributed by atoms with van der Waals surface area (Å²) in [6.07, 6.45) is 5.63. The minimum atomic E-state index is -0.593. The van der Waals surface area contributed by atoms with Crippen LogP contribution in [0, 0.1) is 11.3 Å². The Kier molecular flexibility index (Phi) is 8.90. The van der Waals surface area contributed by atoms with Gasteiger partial charge in [-0.05, 0) is 37.7 Å². The van der Waals surface area contributed by atoms with Crippen molar-refractivity contribution in [2.45, 2.75) is 58.4 Å². The average Bonchev–Trinajstić information content (AvgIpc) is 3.16. The number of amides is 1. The van der Waals surface area contributed by atoms with Crippen molar-refractivity contribution in [2.75, 3.05) is 42.8 Å². The Morgan fingerprint density at radius 3 is 2.79 bits per heavy atom. The number of aryl methyl sites for hydroxylation is 1. The predicted molar refractivity (Wildman–Crippen MR) is 134 cm³/mol. The summed E-state index contributed by atoms with van der Waals surface area (Å²) in [5.41, 5.74) is 6.89. The second-order valence-corrected chi connectivity index (χ2v) is 9.41. The second-order valence-electron chi connectivity index (χ2n) is 8.30. The van der Waals surface area contributed by atoms with Crippen molar-refractivity contribution in [1.29, 1.82) is 5.26 Å². The zero-order valence-electron chi connectivity index (χ0n) is 19.7. The maximum Gasteiger partial charge on any atom is 0.330 e. The molecular weight excluding hydrogens is 456 g/mol. The molecule has 0 spiro atoms. The monoisotopic (exact) mass is 488 g/mol. The Morgan fingerprint density at radius 1 is 1.32 bits per heavy atom. The van der Waals surface area contributed by atoms with E-state index in [0.717, 1.165) is 44.1 Å². The van der Waals surface area contributed by atoms with E-state index in [-0.39, 0.29) is 30.4 Å². The first-order chi connectivity index (χ1) is 16.4. The molecule has 0 saturated heterocycles. The van der Waals surface area contributed by atoms with Crippen LogP contribution in [0.15, 0.2) is 9.59 Å². The SMILES string of the molecule is CCCCn1c(N)c(N(CCOC)CCC(=O)Nc2sc3c(c2C#N)CCCC3)c(=O)[nH]c1=O. The number of carbonyl (C=O) groups is 1. The molecule has 3 rings (SSSR count). The van der Waals surface area contributed by atoms with Crippen molar-refractivity contribution in [3.8, 4) is 6.07 Å². The number of methoxy groups -OCH3 is 1. The minimum absolute atomic E-state index is 0.0735. The summed E-state index contributed by atoms with van der Waals surface area (Å²) in [6, 6.07) is 2.25. The molecular formula is C23H32N6O4S. The standard InChI is InChI=1S/C23H32N6O4S/c1-3-4-10-29-20(25)19(21(31)27-23(29)32)28(12-13-33-2)11-9-18(30)26-22-16(14-24)15-7-5-6-8-17(15)34-22/h3-13,25H2,1-2H3,(H,26,30)(H,27,31,32). The fraction of sp³-hybridized carbons (Fsp3) is 0.565. The molecule has 0 saturated carbocycles. The maximum atomic E-state index is 12.8. The van der Waals surface area contributed by atoms with Gasteiger partial charge in [-0.3, -0.25) is 19.1 Å². The number of aromatic nitrogens is 2. The van der Waals surface area contributed by atoms with Gasteiger partial charge in [-0.25, -0.2) is 4.79 Å². The Bertz CT molecular complexity index is 1180. The van der Waals surface area contributed by atoms with Crippen LogP contribution in [0.4, 0.5) is 16.5 Å². The molecule has 0 bridgehead atoms.